The third-order valence-electron chi connectivity index (χ3n) is 4.70. The molecule has 1 fully saturated rings. The van der Waals surface area contributed by atoms with Crippen molar-refractivity contribution in [1.29, 1.82) is 0 Å². The molecule has 1 aromatic carbocycles. The lowest BCUT2D eigenvalue weighted by Gasteiger charge is -2.36. The number of ether oxygens (including phenoxy) is 1. The van der Waals surface area contributed by atoms with Crippen molar-refractivity contribution in [3.8, 4) is 5.75 Å². The van der Waals surface area contributed by atoms with Gasteiger partial charge in [-0.15, -0.1) is 0 Å². The number of anilines is 1. The maximum absolute atomic E-state index is 12.7. The minimum Gasteiger partial charge on any atom is -0.495 e. The minimum absolute atomic E-state index is 0.0232. The van der Waals surface area contributed by atoms with Gasteiger partial charge in [-0.1, -0.05) is 19.1 Å². The SMILES string of the molecule is CCC1CCCCN1C(=O)CCN(c1ccccc1OC)S(C)(=O)=O. The first-order chi connectivity index (χ1) is 11.9. The van der Waals surface area contributed by atoms with Crippen LogP contribution in [0.2, 0.25) is 0 Å². The number of carbonyl (C=O) groups excluding carboxylic acids is 1. The van der Waals surface area contributed by atoms with Gasteiger partial charge in [-0.3, -0.25) is 9.10 Å². The van der Waals surface area contributed by atoms with E-state index in [-0.39, 0.29) is 24.9 Å². The summed E-state index contributed by atoms with van der Waals surface area (Å²) in [4.78, 5) is 14.6. The molecule has 7 heteroatoms. The van der Waals surface area contributed by atoms with Crippen LogP contribution in [0, 0.1) is 0 Å². The summed E-state index contributed by atoms with van der Waals surface area (Å²) in [6, 6.07) is 7.23. The number of carbonyl (C=O) groups is 1. The molecule has 1 aromatic rings. The number of piperidine rings is 1. The highest BCUT2D eigenvalue weighted by molar-refractivity contribution is 7.92. The average molecular weight is 368 g/mol. The first kappa shape index (κ1) is 19.6. The van der Waals surface area contributed by atoms with Crippen molar-refractivity contribution in [3.05, 3.63) is 24.3 Å². The van der Waals surface area contributed by atoms with Crippen molar-refractivity contribution >= 4 is 21.6 Å². The fourth-order valence-corrected chi connectivity index (χ4v) is 4.33. The van der Waals surface area contributed by atoms with Crippen LogP contribution in [0.5, 0.6) is 5.75 Å². The Morgan fingerprint density at radius 3 is 2.68 bits per heavy atom. The summed E-state index contributed by atoms with van der Waals surface area (Å²) < 4.78 is 31.0. The predicted octanol–water partition coefficient (Wildman–Crippen LogP) is 2.64. The molecule has 0 aromatic heterocycles. The zero-order chi connectivity index (χ0) is 18.4. The van der Waals surface area contributed by atoms with Crippen LogP contribution in [0.1, 0.15) is 39.0 Å². The molecule has 1 aliphatic rings. The van der Waals surface area contributed by atoms with Crippen molar-refractivity contribution in [2.45, 2.75) is 45.1 Å². The lowest BCUT2D eigenvalue weighted by molar-refractivity contribution is -0.134. The van der Waals surface area contributed by atoms with Gasteiger partial charge in [0.2, 0.25) is 15.9 Å². The number of para-hydroxylation sites is 2. The van der Waals surface area contributed by atoms with Crippen LogP contribution in [-0.4, -0.2) is 51.7 Å². The Balaban J connectivity index is 2.14. The van der Waals surface area contributed by atoms with E-state index in [9.17, 15) is 13.2 Å². The number of sulfonamides is 1. The smallest absolute Gasteiger partial charge is 0.232 e. The van der Waals surface area contributed by atoms with Gasteiger partial charge in [-0.25, -0.2) is 8.42 Å². The molecule has 2 rings (SSSR count). The van der Waals surface area contributed by atoms with E-state index in [4.69, 9.17) is 4.74 Å². The molecule has 0 N–H and O–H groups in total. The zero-order valence-corrected chi connectivity index (χ0v) is 16.1. The van der Waals surface area contributed by atoms with E-state index in [0.29, 0.717) is 11.4 Å². The molecular weight excluding hydrogens is 340 g/mol. The molecule has 0 saturated carbocycles. The van der Waals surface area contributed by atoms with E-state index in [1.165, 1.54) is 11.4 Å². The van der Waals surface area contributed by atoms with E-state index >= 15 is 0 Å². The standard InChI is InChI=1S/C18H28N2O4S/c1-4-15-9-7-8-13-19(15)18(21)12-14-20(25(3,22)23)16-10-5-6-11-17(16)24-2/h5-6,10-11,15H,4,7-9,12-14H2,1-3H3. The second-order valence-corrected chi connectivity index (χ2v) is 8.31. The molecule has 0 aliphatic carbocycles. The largest absolute Gasteiger partial charge is 0.495 e. The summed E-state index contributed by atoms with van der Waals surface area (Å²) in [7, 11) is -2.01. The Labute approximate surface area is 150 Å². The van der Waals surface area contributed by atoms with E-state index in [1.54, 1.807) is 24.3 Å². The van der Waals surface area contributed by atoms with Crippen LogP contribution >= 0.6 is 0 Å². The van der Waals surface area contributed by atoms with Gasteiger partial charge in [0.05, 0.1) is 19.1 Å². The molecule has 1 amide bonds. The van der Waals surface area contributed by atoms with Crippen molar-refractivity contribution < 1.29 is 17.9 Å². The summed E-state index contributed by atoms with van der Waals surface area (Å²) in [6.45, 7) is 2.98. The van der Waals surface area contributed by atoms with E-state index in [0.717, 1.165) is 38.5 Å². The van der Waals surface area contributed by atoms with Gasteiger partial charge in [0, 0.05) is 25.6 Å². The average Bonchev–Trinajstić information content (AvgIpc) is 2.60. The molecule has 1 heterocycles. The topological polar surface area (TPSA) is 66.9 Å². The molecule has 25 heavy (non-hydrogen) atoms. The van der Waals surface area contributed by atoms with Crippen molar-refractivity contribution in [2.24, 2.45) is 0 Å². The Hall–Kier alpha value is -1.76. The number of likely N-dealkylation sites (tertiary alicyclic amines) is 1. The Morgan fingerprint density at radius 1 is 1.32 bits per heavy atom. The van der Waals surface area contributed by atoms with Crippen LogP contribution < -0.4 is 9.04 Å². The normalized spacial score (nSPS) is 18.0. The Morgan fingerprint density at radius 2 is 2.04 bits per heavy atom. The van der Waals surface area contributed by atoms with Gasteiger partial charge < -0.3 is 9.64 Å². The molecule has 0 spiro atoms. The maximum atomic E-state index is 12.7. The zero-order valence-electron chi connectivity index (χ0n) is 15.3. The number of methoxy groups -OCH3 is 1. The monoisotopic (exact) mass is 368 g/mol. The molecule has 1 unspecified atom stereocenters. The van der Waals surface area contributed by atoms with E-state index in [2.05, 4.69) is 6.92 Å². The van der Waals surface area contributed by atoms with Gasteiger partial charge in [-0.2, -0.15) is 0 Å². The van der Waals surface area contributed by atoms with Gasteiger partial charge in [0.25, 0.3) is 0 Å². The second-order valence-electron chi connectivity index (χ2n) is 6.40. The van der Waals surface area contributed by atoms with Crippen molar-refractivity contribution in [3.63, 3.8) is 0 Å². The molecule has 1 saturated heterocycles. The summed E-state index contributed by atoms with van der Waals surface area (Å²) in [5.74, 6) is 0.500. The first-order valence-electron chi connectivity index (χ1n) is 8.78. The summed E-state index contributed by atoms with van der Waals surface area (Å²) in [6.07, 6.45) is 5.46. The van der Waals surface area contributed by atoms with E-state index in [1.807, 2.05) is 4.90 Å². The highest BCUT2D eigenvalue weighted by Gasteiger charge is 2.27. The number of amides is 1. The van der Waals surface area contributed by atoms with Crippen LogP contribution in [0.3, 0.4) is 0 Å². The fourth-order valence-electron chi connectivity index (χ4n) is 3.39. The summed E-state index contributed by atoms with van der Waals surface area (Å²) in [5.41, 5.74) is 0.464. The van der Waals surface area contributed by atoms with Gasteiger partial charge in [0.15, 0.2) is 0 Å². The van der Waals surface area contributed by atoms with E-state index < -0.39 is 10.0 Å². The quantitative estimate of drug-likeness (QED) is 0.742. The number of hydrogen-bond acceptors (Lipinski definition) is 4. The van der Waals surface area contributed by atoms with Gasteiger partial charge in [0.1, 0.15) is 5.75 Å². The van der Waals surface area contributed by atoms with Crippen LogP contribution in [0.15, 0.2) is 24.3 Å². The number of hydrogen-bond donors (Lipinski definition) is 0. The lowest BCUT2D eigenvalue weighted by Crippen LogP contribution is -2.44. The molecule has 6 nitrogen and oxygen atoms in total. The molecule has 1 atom stereocenters. The van der Waals surface area contributed by atoms with Gasteiger partial charge >= 0.3 is 0 Å². The number of benzene rings is 1. The molecule has 0 radical (unpaired) electrons. The van der Waals surface area contributed by atoms with Crippen molar-refractivity contribution in [1.82, 2.24) is 4.90 Å². The summed E-state index contributed by atoms with van der Waals surface area (Å²) >= 11 is 0. The minimum atomic E-state index is -3.51. The van der Waals surface area contributed by atoms with Crippen LogP contribution in [0.25, 0.3) is 0 Å². The van der Waals surface area contributed by atoms with Gasteiger partial charge in [-0.05, 0) is 37.8 Å². The molecule has 140 valence electrons. The number of rotatable bonds is 7. The Bertz CT molecular complexity index is 690. The molecule has 0 bridgehead atoms. The first-order valence-corrected chi connectivity index (χ1v) is 10.6. The predicted molar refractivity (Wildman–Crippen MR) is 99.4 cm³/mol. The highest BCUT2D eigenvalue weighted by Crippen LogP contribution is 2.30. The highest BCUT2D eigenvalue weighted by atomic mass is 32.2. The molecular formula is C18H28N2O4S. The third-order valence-corrected chi connectivity index (χ3v) is 5.88. The van der Waals surface area contributed by atoms with Crippen LogP contribution in [-0.2, 0) is 14.8 Å². The number of nitrogens with zero attached hydrogens (tertiary/aromatic N) is 2. The Kier molecular flexibility index (Phi) is 6.70. The second kappa shape index (κ2) is 8.56. The van der Waals surface area contributed by atoms with Crippen molar-refractivity contribution in [2.75, 3.05) is 30.8 Å². The third kappa shape index (κ3) is 4.87. The maximum Gasteiger partial charge on any atom is 0.232 e. The lowest BCUT2D eigenvalue weighted by atomic mass is 9.99. The fraction of sp³-hybridized carbons (Fsp3) is 0.611. The van der Waals surface area contributed by atoms with Crippen LogP contribution in [0.4, 0.5) is 5.69 Å². The molecule has 1 aliphatic heterocycles. The summed E-state index contributed by atoms with van der Waals surface area (Å²) in [5, 5.41) is 0.